The van der Waals surface area contributed by atoms with Crippen LogP contribution in [-0.2, 0) is 10.0 Å². The second-order valence-corrected chi connectivity index (χ2v) is 9.53. The zero-order valence-corrected chi connectivity index (χ0v) is 13.6. The standard InChI is InChI=1S/C12H24BrNO2S/c1-10-9-14(7-5-11(10)13)17(15,16)8-6-12(2,3)4/h10-11H,5-9H2,1-4H3. The highest BCUT2D eigenvalue weighted by Crippen LogP contribution is 2.27. The lowest BCUT2D eigenvalue weighted by atomic mass is 9.94. The van der Waals surface area contributed by atoms with Gasteiger partial charge >= 0.3 is 0 Å². The molecule has 1 aliphatic rings. The predicted molar refractivity (Wildman–Crippen MR) is 75.9 cm³/mol. The third-order valence-electron chi connectivity index (χ3n) is 3.27. The lowest BCUT2D eigenvalue weighted by Gasteiger charge is -2.34. The Hall–Kier alpha value is 0.390. The van der Waals surface area contributed by atoms with E-state index >= 15 is 0 Å². The fourth-order valence-corrected chi connectivity index (χ4v) is 4.24. The molecular formula is C12H24BrNO2S. The summed E-state index contributed by atoms with van der Waals surface area (Å²) in [7, 11) is -3.06. The summed E-state index contributed by atoms with van der Waals surface area (Å²) in [5.74, 6) is 0.670. The molecule has 0 bridgehead atoms. The second kappa shape index (κ2) is 5.57. The third kappa shape index (κ3) is 4.87. The Labute approximate surface area is 114 Å². The maximum absolute atomic E-state index is 12.2. The molecular weight excluding hydrogens is 302 g/mol. The van der Waals surface area contributed by atoms with E-state index in [1.165, 1.54) is 0 Å². The van der Waals surface area contributed by atoms with Gasteiger partial charge in [0.25, 0.3) is 0 Å². The Balaban J connectivity index is 2.59. The van der Waals surface area contributed by atoms with Gasteiger partial charge in [-0.2, -0.15) is 0 Å². The third-order valence-corrected chi connectivity index (χ3v) is 6.47. The summed E-state index contributed by atoms with van der Waals surface area (Å²) < 4.78 is 26.1. The predicted octanol–water partition coefficient (Wildman–Crippen LogP) is 2.86. The van der Waals surface area contributed by atoms with Crippen molar-refractivity contribution in [1.82, 2.24) is 4.31 Å². The van der Waals surface area contributed by atoms with E-state index in [2.05, 4.69) is 43.6 Å². The fourth-order valence-electron chi connectivity index (χ4n) is 1.90. The number of halogens is 1. The van der Waals surface area contributed by atoms with Crippen LogP contribution in [0, 0.1) is 11.3 Å². The van der Waals surface area contributed by atoms with Crippen molar-refractivity contribution in [2.45, 2.75) is 45.4 Å². The first kappa shape index (κ1) is 15.4. The van der Waals surface area contributed by atoms with E-state index in [0.717, 1.165) is 12.8 Å². The monoisotopic (exact) mass is 325 g/mol. The average Bonchev–Trinajstić information content (AvgIpc) is 2.18. The summed E-state index contributed by atoms with van der Waals surface area (Å²) in [5, 5.41) is 0. The van der Waals surface area contributed by atoms with Crippen LogP contribution in [0.2, 0.25) is 0 Å². The minimum absolute atomic E-state index is 0.0758. The molecule has 0 aliphatic carbocycles. The maximum Gasteiger partial charge on any atom is 0.214 e. The van der Waals surface area contributed by atoms with Crippen LogP contribution in [0.5, 0.6) is 0 Å². The Morgan fingerprint density at radius 3 is 2.41 bits per heavy atom. The molecule has 102 valence electrons. The molecule has 0 amide bonds. The minimum Gasteiger partial charge on any atom is -0.212 e. The van der Waals surface area contributed by atoms with Gasteiger partial charge in [-0.3, -0.25) is 0 Å². The van der Waals surface area contributed by atoms with Gasteiger partial charge in [0, 0.05) is 17.9 Å². The highest BCUT2D eigenvalue weighted by Gasteiger charge is 2.31. The van der Waals surface area contributed by atoms with Crippen LogP contribution in [0.4, 0.5) is 0 Å². The smallest absolute Gasteiger partial charge is 0.212 e. The van der Waals surface area contributed by atoms with Crippen LogP contribution >= 0.6 is 15.9 Å². The molecule has 1 aliphatic heterocycles. The summed E-state index contributed by atoms with van der Waals surface area (Å²) in [4.78, 5) is 0.455. The highest BCUT2D eigenvalue weighted by molar-refractivity contribution is 9.09. The van der Waals surface area contributed by atoms with Crippen LogP contribution in [0.3, 0.4) is 0 Å². The largest absolute Gasteiger partial charge is 0.214 e. The van der Waals surface area contributed by atoms with Crippen LogP contribution in [0.25, 0.3) is 0 Å². The van der Waals surface area contributed by atoms with Gasteiger partial charge in [0.15, 0.2) is 0 Å². The van der Waals surface area contributed by atoms with Gasteiger partial charge in [-0.1, -0.05) is 43.6 Å². The quantitative estimate of drug-likeness (QED) is 0.748. The van der Waals surface area contributed by atoms with Gasteiger partial charge in [-0.15, -0.1) is 0 Å². The Morgan fingerprint density at radius 2 is 1.94 bits per heavy atom. The van der Waals surface area contributed by atoms with E-state index in [0.29, 0.717) is 23.8 Å². The van der Waals surface area contributed by atoms with Crippen molar-refractivity contribution in [3.05, 3.63) is 0 Å². The fraction of sp³-hybridized carbons (Fsp3) is 1.00. The van der Waals surface area contributed by atoms with E-state index < -0.39 is 10.0 Å². The van der Waals surface area contributed by atoms with Gasteiger partial charge in [-0.25, -0.2) is 12.7 Å². The zero-order chi connectivity index (χ0) is 13.3. The molecule has 1 saturated heterocycles. The first-order valence-corrected chi connectivity index (χ1v) is 8.76. The Morgan fingerprint density at radius 1 is 1.35 bits per heavy atom. The van der Waals surface area contributed by atoms with Gasteiger partial charge in [-0.05, 0) is 24.2 Å². The number of hydrogen-bond donors (Lipinski definition) is 0. The van der Waals surface area contributed by atoms with Crippen molar-refractivity contribution in [3.63, 3.8) is 0 Å². The van der Waals surface area contributed by atoms with Crippen molar-refractivity contribution < 1.29 is 8.42 Å². The molecule has 0 radical (unpaired) electrons. The van der Waals surface area contributed by atoms with E-state index in [4.69, 9.17) is 0 Å². The van der Waals surface area contributed by atoms with Crippen molar-refractivity contribution in [1.29, 1.82) is 0 Å². The normalized spacial score (nSPS) is 28.3. The first-order chi connectivity index (χ1) is 7.62. The topological polar surface area (TPSA) is 37.4 Å². The first-order valence-electron chi connectivity index (χ1n) is 6.24. The van der Waals surface area contributed by atoms with E-state index in [-0.39, 0.29) is 11.2 Å². The van der Waals surface area contributed by atoms with Crippen molar-refractivity contribution in [2.75, 3.05) is 18.8 Å². The number of piperidine rings is 1. The molecule has 0 aromatic heterocycles. The van der Waals surface area contributed by atoms with Crippen LogP contribution in [-0.4, -0.2) is 36.4 Å². The molecule has 3 nitrogen and oxygen atoms in total. The van der Waals surface area contributed by atoms with Crippen molar-refractivity contribution in [2.24, 2.45) is 11.3 Å². The minimum atomic E-state index is -3.06. The molecule has 0 N–H and O–H groups in total. The maximum atomic E-state index is 12.2. The molecule has 0 saturated carbocycles. The Kier molecular flexibility index (Phi) is 5.07. The summed E-state index contributed by atoms with van der Waals surface area (Å²) >= 11 is 3.60. The zero-order valence-electron chi connectivity index (χ0n) is 11.2. The van der Waals surface area contributed by atoms with Gasteiger partial charge in [0.2, 0.25) is 10.0 Å². The molecule has 2 atom stereocenters. The molecule has 1 fully saturated rings. The van der Waals surface area contributed by atoms with Crippen LogP contribution < -0.4 is 0 Å². The van der Waals surface area contributed by atoms with Crippen LogP contribution in [0.15, 0.2) is 0 Å². The lowest BCUT2D eigenvalue weighted by molar-refractivity contribution is 0.289. The number of sulfonamides is 1. The molecule has 1 heterocycles. The van der Waals surface area contributed by atoms with Crippen molar-refractivity contribution >= 4 is 26.0 Å². The average molecular weight is 326 g/mol. The van der Waals surface area contributed by atoms with E-state index in [9.17, 15) is 8.42 Å². The highest BCUT2D eigenvalue weighted by atomic mass is 79.9. The molecule has 1 rings (SSSR count). The summed E-state index contributed by atoms with van der Waals surface area (Å²) in [5.41, 5.74) is 0.0758. The van der Waals surface area contributed by atoms with Crippen LogP contribution in [0.1, 0.15) is 40.5 Å². The second-order valence-electron chi connectivity index (χ2n) is 6.27. The summed E-state index contributed by atoms with van der Waals surface area (Å²) in [6.45, 7) is 9.65. The molecule has 2 unspecified atom stereocenters. The molecule has 5 heteroatoms. The SMILES string of the molecule is CC1CN(S(=O)(=O)CCC(C)(C)C)CCC1Br. The van der Waals surface area contributed by atoms with Gasteiger partial charge < -0.3 is 0 Å². The lowest BCUT2D eigenvalue weighted by Crippen LogP contribution is -2.44. The van der Waals surface area contributed by atoms with Crippen molar-refractivity contribution in [3.8, 4) is 0 Å². The van der Waals surface area contributed by atoms with E-state index in [1.807, 2.05) is 0 Å². The Bertz CT molecular complexity index is 348. The molecule has 17 heavy (non-hydrogen) atoms. The number of rotatable bonds is 3. The van der Waals surface area contributed by atoms with Gasteiger partial charge in [0.05, 0.1) is 5.75 Å². The van der Waals surface area contributed by atoms with E-state index in [1.54, 1.807) is 4.31 Å². The number of alkyl halides is 1. The molecule has 0 aromatic rings. The number of hydrogen-bond acceptors (Lipinski definition) is 2. The molecule has 0 spiro atoms. The van der Waals surface area contributed by atoms with Gasteiger partial charge in [0.1, 0.15) is 0 Å². The number of nitrogens with zero attached hydrogens (tertiary/aromatic N) is 1. The summed E-state index contributed by atoms with van der Waals surface area (Å²) in [6.07, 6.45) is 1.63. The summed E-state index contributed by atoms with van der Waals surface area (Å²) in [6, 6.07) is 0. The molecule has 0 aromatic carbocycles.